The molecule has 0 aliphatic rings. The summed E-state index contributed by atoms with van der Waals surface area (Å²) in [6.45, 7) is 7.82. The average molecular weight is 189 g/mol. The summed E-state index contributed by atoms with van der Waals surface area (Å²) in [6.07, 6.45) is 2.54. The first-order valence-electron chi connectivity index (χ1n) is 2.91. The zero-order valence-electron chi connectivity index (χ0n) is 5.61. The molecular formula is C6H14NY-. The van der Waals surface area contributed by atoms with E-state index in [-0.39, 0.29) is 32.7 Å². The molecule has 0 fully saturated rings. The van der Waals surface area contributed by atoms with Gasteiger partial charge >= 0.3 is 0 Å². The van der Waals surface area contributed by atoms with E-state index in [1.807, 2.05) is 0 Å². The van der Waals surface area contributed by atoms with Crippen molar-refractivity contribution in [1.82, 2.24) is 5.32 Å². The molecule has 0 spiro atoms. The molecule has 1 nitrogen and oxygen atoms in total. The molecule has 0 aliphatic heterocycles. The molecule has 0 unspecified atom stereocenters. The van der Waals surface area contributed by atoms with Crippen molar-refractivity contribution in [1.29, 1.82) is 0 Å². The third kappa shape index (κ3) is 10.1. The second kappa shape index (κ2) is 10.9. The minimum absolute atomic E-state index is 0. The first-order chi connectivity index (χ1) is 3.41. The fourth-order valence-electron chi connectivity index (χ4n) is 0.427. The van der Waals surface area contributed by atoms with Crippen molar-refractivity contribution >= 4 is 0 Å². The van der Waals surface area contributed by atoms with Gasteiger partial charge in [-0.1, -0.05) is 13.3 Å². The molecule has 0 atom stereocenters. The molecule has 0 aromatic carbocycles. The fraction of sp³-hybridized carbons (Fsp3) is 0.833. The van der Waals surface area contributed by atoms with Crippen LogP contribution in [0.5, 0.6) is 0 Å². The minimum Gasteiger partial charge on any atom is -0.346 e. The Morgan fingerprint density at radius 3 is 2.50 bits per heavy atom. The maximum Gasteiger partial charge on any atom is 0 e. The van der Waals surface area contributed by atoms with Gasteiger partial charge in [0.2, 0.25) is 0 Å². The van der Waals surface area contributed by atoms with Crippen LogP contribution in [0.4, 0.5) is 0 Å². The third-order valence-corrected chi connectivity index (χ3v) is 0.884. The first-order valence-corrected chi connectivity index (χ1v) is 2.91. The molecule has 0 saturated heterocycles. The molecular weight excluding hydrogens is 175 g/mol. The molecule has 0 aromatic rings. The van der Waals surface area contributed by atoms with Crippen molar-refractivity contribution in [3.8, 4) is 0 Å². The first kappa shape index (κ1) is 11.8. The largest absolute Gasteiger partial charge is 0.346 e. The molecule has 0 aliphatic carbocycles. The van der Waals surface area contributed by atoms with Crippen LogP contribution in [0.2, 0.25) is 0 Å². The molecule has 0 aromatic heterocycles. The number of unbranched alkanes of at least 4 members (excludes halogenated alkanes) is 1. The number of hydrogen-bond acceptors (Lipinski definition) is 1. The monoisotopic (exact) mass is 189 g/mol. The normalized spacial score (nSPS) is 8.25. The maximum atomic E-state index is 3.65. The van der Waals surface area contributed by atoms with E-state index in [9.17, 15) is 0 Å². The van der Waals surface area contributed by atoms with E-state index in [1.54, 1.807) is 0 Å². The second-order valence-electron chi connectivity index (χ2n) is 1.60. The Balaban J connectivity index is 0. The molecule has 8 heavy (non-hydrogen) atoms. The molecule has 0 heterocycles. The molecule has 0 rings (SSSR count). The van der Waals surface area contributed by atoms with Crippen LogP contribution in [0.1, 0.15) is 19.8 Å². The predicted octanol–water partition coefficient (Wildman–Crippen LogP) is 1.21. The number of nitrogens with one attached hydrogen (secondary N) is 1. The molecule has 1 radical (unpaired) electrons. The van der Waals surface area contributed by atoms with Crippen molar-refractivity contribution < 1.29 is 32.7 Å². The van der Waals surface area contributed by atoms with Crippen molar-refractivity contribution in [2.24, 2.45) is 0 Å². The van der Waals surface area contributed by atoms with E-state index >= 15 is 0 Å². The van der Waals surface area contributed by atoms with Gasteiger partial charge in [-0.15, -0.1) is 6.54 Å². The predicted molar refractivity (Wildman–Crippen MR) is 33.1 cm³/mol. The second-order valence-corrected chi connectivity index (χ2v) is 1.60. The molecule has 0 amide bonds. The average Bonchev–Trinajstić information content (AvgIpc) is 1.69. The topological polar surface area (TPSA) is 12.0 Å². The van der Waals surface area contributed by atoms with Crippen LogP contribution in [-0.4, -0.2) is 13.1 Å². The van der Waals surface area contributed by atoms with Crippen LogP contribution >= 0.6 is 0 Å². The summed E-state index contributed by atoms with van der Waals surface area (Å²) >= 11 is 0. The van der Waals surface area contributed by atoms with E-state index in [2.05, 4.69) is 19.2 Å². The summed E-state index contributed by atoms with van der Waals surface area (Å²) < 4.78 is 0. The van der Waals surface area contributed by atoms with Crippen molar-refractivity contribution in [3.05, 3.63) is 6.92 Å². The van der Waals surface area contributed by atoms with Crippen LogP contribution < -0.4 is 5.32 Å². The van der Waals surface area contributed by atoms with Gasteiger partial charge in [0.25, 0.3) is 0 Å². The zero-order valence-corrected chi connectivity index (χ0v) is 8.45. The zero-order chi connectivity index (χ0) is 5.54. The van der Waals surface area contributed by atoms with Gasteiger partial charge in [-0.25, -0.2) is 0 Å². The van der Waals surface area contributed by atoms with Crippen LogP contribution in [0.25, 0.3) is 0 Å². The number of hydrogen-bond donors (Lipinski definition) is 1. The Hall–Kier alpha value is 1.06. The van der Waals surface area contributed by atoms with Crippen LogP contribution in [0.15, 0.2) is 0 Å². The standard InChI is InChI=1S/C6H14N.Y/c1-3-5-6-7-4-2;/h7H,2-6H2,1H3;/q-1;. The third-order valence-electron chi connectivity index (χ3n) is 0.884. The van der Waals surface area contributed by atoms with Crippen LogP contribution in [0, 0.1) is 6.92 Å². The Kier molecular flexibility index (Phi) is 16.2. The molecule has 0 bridgehead atoms. The summed E-state index contributed by atoms with van der Waals surface area (Å²) in [5, 5.41) is 3.14. The minimum atomic E-state index is 0. The van der Waals surface area contributed by atoms with Crippen LogP contribution in [0.3, 0.4) is 0 Å². The van der Waals surface area contributed by atoms with Gasteiger partial charge in [0.1, 0.15) is 0 Å². The van der Waals surface area contributed by atoms with E-state index in [1.165, 1.54) is 12.8 Å². The van der Waals surface area contributed by atoms with Gasteiger partial charge in [-0.2, -0.15) is 0 Å². The summed E-state index contributed by atoms with van der Waals surface area (Å²) in [6, 6.07) is 0. The van der Waals surface area contributed by atoms with E-state index in [0.29, 0.717) is 0 Å². The molecule has 2 heteroatoms. The van der Waals surface area contributed by atoms with Crippen molar-refractivity contribution in [2.75, 3.05) is 13.1 Å². The van der Waals surface area contributed by atoms with Gasteiger partial charge in [0, 0.05) is 32.7 Å². The van der Waals surface area contributed by atoms with Crippen molar-refractivity contribution in [2.45, 2.75) is 19.8 Å². The van der Waals surface area contributed by atoms with E-state index < -0.39 is 0 Å². The van der Waals surface area contributed by atoms with E-state index in [0.717, 1.165) is 13.1 Å². The molecule has 0 saturated carbocycles. The summed E-state index contributed by atoms with van der Waals surface area (Å²) in [7, 11) is 0. The van der Waals surface area contributed by atoms with Gasteiger partial charge in [-0.3, -0.25) is 0 Å². The fourth-order valence-corrected chi connectivity index (χ4v) is 0.427. The SMILES string of the molecule is [CH2-]CNCCCC.[Y]. The van der Waals surface area contributed by atoms with Crippen molar-refractivity contribution in [3.63, 3.8) is 0 Å². The quantitative estimate of drug-likeness (QED) is 0.517. The Bertz CT molecular complexity index is 27.7. The maximum absolute atomic E-state index is 3.65. The number of rotatable bonds is 4. The summed E-state index contributed by atoms with van der Waals surface area (Å²) in [5.41, 5.74) is 0. The summed E-state index contributed by atoms with van der Waals surface area (Å²) in [5.74, 6) is 0. The summed E-state index contributed by atoms with van der Waals surface area (Å²) in [4.78, 5) is 0. The van der Waals surface area contributed by atoms with Crippen LogP contribution in [-0.2, 0) is 32.7 Å². The van der Waals surface area contributed by atoms with Gasteiger partial charge in [0.05, 0.1) is 0 Å². The van der Waals surface area contributed by atoms with Gasteiger partial charge < -0.3 is 12.2 Å². The Morgan fingerprint density at radius 1 is 1.50 bits per heavy atom. The Labute approximate surface area is 77.5 Å². The van der Waals surface area contributed by atoms with Gasteiger partial charge in [-0.05, 0) is 13.0 Å². The Morgan fingerprint density at radius 2 is 2.12 bits per heavy atom. The molecule has 1 N–H and O–H groups in total. The molecule has 47 valence electrons. The van der Waals surface area contributed by atoms with E-state index in [4.69, 9.17) is 0 Å². The smallest absolute Gasteiger partial charge is 0 e. The van der Waals surface area contributed by atoms with Gasteiger partial charge in [0.15, 0.2) is 0 Å².